The number of halogens is 1. The Morgan fingerprint density at radius 1 is 1.61 bits per heavy atom. The van der Waals surface area contributed by atoms with Crippen molar-refractivity contribution in [3.63, 3.8) is 0 Å². The van der Waals surface area contributed by atoms with Gasteiger partial charge in [0.05, 0.1) is 21.9 Å². The highest BCUT2D eigenvalue weighted by Crippen LogP contribution is 2.23. The molecule has 0 spiro atoms. The van der Waals surface area contributed by atoms with Crippen LogP contribution in [0, 0.1) is 0 Å². The minimum absolute atomic E-state index is 0.164. The molecule has 6 heteroatoms. The fraction of sp³-hybridized carbons (Fsp3) is 0.417. The van der Waals surface area contributed by atoms with Crippen LogP contribution in [0.15, 0.2) is 18.2 Å². The third-order valence-corrected chi connectivity index (χ3v) is 3.69. The van der Waals surface area contributed by atoms with Crippen molar-refractivity contribution in [3.8, 4) is 0 Å². The largest absolute Gasteiger partial charge is 0.398 e. The number of carbonyl (C=O) groups is 1. The third-order valence-electron chi connectivity index (χ3n) is 2.36. The van der Waals surface area contributed by atoms with Gasteiger partial charge in [-0.1, -0.05) is 17.7 Å². The number of hydrogen-bond donors (Lipinski definition) is 3. The Morgan fingerprint density at radius 2 is 2.28 bits per heavy atom. The van der Waals surface area contributed by atoms with Crippen LogP contribution in [0.25, 0.3) is 0 Å². The van der Waals surface area contributed by atoms with Crippen molar-refractivity contribution in [1.29, 1.82) is 0 Å². The smallest absolute Gasteiger partial charge is 0.252 e. The van der Waals surface area contributed by atoms with Crippen molar-refractivity contribution >= 4 is 35.0 Å². The maximum Gasteiger partial charge on any atom is 0.252 e. The molecule has 0 saturated carbocycles. The van der Waals surface area contributed by atoms with Crippen molar-refractivity contribution in [2.45, 2.75) is 12.5 Å². The van der Waals surface area contributed by atoms with Crippen LogP contribution in [0.3, 0.4) is 0 Å². The molecule has 100 valence electrons. The molecule has 1 atom stereocenters. The van der Waals surface area contributed by atoms with Gasteiger partial charge in [0, 0.05) is 12.3 Å². The molecule has 0 fully saturated rings. The van der Waals surface area contributed by atoms with E-state index in [9.17, 15) is 9.90 Å². The summed E-state index contributed by atoms with van der Waals surface area (Å²) in [5, 5.41) is 12.8. The second-order valence-corrected chi connectivity index (χ2v) is 5.57. The molecule has 18 heavy (non-hydrogen) atoms. The molecular formula is C12H17ClN2O2S. The minimum atomic E-state index is -0.943. The Hall–Kier alpha value is -0.910. The summed E-state index contributed by atoms with van der Waals surface area (Å²) in [6, 6.07) is 4.89. The zero-order chi connectivity index (χ0) is 13.8. The summed E-state index contributed by atoms with van der Waals surface area (Å²) in [5.41, 5.74) is 5.36. The van der Waals surface area contributed by atoms with Gasteiger partial charge in [0.25, 0.3) is 5.91 Å². The molecule has 1 aromatic rings. The molecule has 0 aliphatic rings. The number of anilines is 1. The lowest BCUT2D eigenvalue weighted by atomic mass is 10.1. The molecule has 0 aromatic heterocycles. The Bertz CT molecular complexity index is 438. The van der Waals surface area contributed by atoms with Gasteiger partial charge in [-0.05, 0) is 25.3 Å². The highest BCUT2D eigenvalue weighted by atomic mass is 35.5. The fourth-order valence-electron chi connectivity index (χ4n) is 1.45. The van der Waals surface area contributed by atoms with Crippen molar-refractivity contribution in [3.05, 3.63) is 28.8 Å². The zero-order valence-corrected chi connectivity index (χ0v) is 11.9. The van der Waals surface area contributed by atoms with Crippen LogP contribution >= 0.6 is 23.4 Å². The zero-order valence-electron chi connectivity index (χ0n) is 10.4. The van der Waals surface area contributed by atoms with Gasteiger partial charge < -0.3 is 16.2 Å². The van der Waals surface area contributed by atoms with Crippen molar-refractivity contribution in [2.24, 2.45) is 0 Å². The Kier molecular flexibility index (Phi) is 5.31. The van der Waals surface area contributed by atoms with E-state index in [0.29, 0.717) is 17.0 Å². The second-order valence-electron chi connectivity index (χ2n) is 4.32. The molecule has 0 bridgehead atoms. The Morgan fingerprint density at radius 3 is 2.89 bits per heavy atom. The molecular weight excluding hydrogens is 272 g/mol. The first-order valence-corrected chi connectivity index (χ1v) is 7.18. The summed E-state index contributed by atoms with van der Waals surface area (Å²) in [7, 11) is 0. The summed E-state index contributed by atoms with van der Waals surface area (Å²) in [4.78, 5) is 11.9. The maximum atomic E-state index is 11.9. The maximum absolute atomic E-state index is 11.9. The van der Waals surface area contributed by atoms with Crippen LogP contribution in [0.1, 0.15) is 17.3 Å². The highest BCUT2D eigenvalue weighted by Gasteiger charge is 2.21. The van der Waals surface area contributed by atoms with E-state index in [1.54, 1.807) is 25.1 Å². The molecule has 0 saturated heterocycles. The summed E-state index contributed by atoms with van der Waals surface area (Å²) < 4.78 is 0. The number of carbonyl (C=O) groups excluding carboxylic acids is 1. The van der Waals surface area contributed by atoms with E-state index in [-0.39, 0.29) is 17.5 Å². The summed E-state index contributed by atoms with van der Waals surface area (Å²) in [5.74, 6) is 0.200. The SMILES string of the molecule is CSCC(C)(O)CNC(=O)c1cccc(N)c1Cl. The predicted molar refractivity (Wildman–Crippen MR) is 77.2 cm³/mol. The number of rotatable bonds is 5. The number of amides is 1. The molecule has 4 nitrogen and oxygen atoms in total. The van der Waals surface area contributed by atoms with Crippen molar-refractivity contribution in [1.82, 2.24) is 5.32 Å². The van der Waals surface area contributed by atoms with Crippen molar-refractivity contribution < 1.29 is 9.90 Å². The standard InChI is InChI=1S/C12H17ClN2O2S/c1-12(17,7-18-2)6-15-11(16)8-4-3-5-9(14)10(8)13/h3-5,17H,6-7,14H2,1-2H3,(H,15,16). The van der Waals surface area contributed by atoms with Gasteiger partial charge in [0.1, 0.15) is 0 Å². The van der Waals surface area contributed by atoms with Gasteiger partial charge in [-0.25, -0.2) is 0 Å². The average molecular weight is 289 g/mol. The monoisotopic (exact) mass is 288 g/mol. The molecule has 1 aromatic carbocycles. The first-order valence-electron chi connectivity index (χ1n) is 5.41. The lowest BCUT2D eigenvalue weighted by molar-refractivity contribution is 0.0725. The fourth-order valence-corrected chi connectivity index (χ4v) is 2.39. The number of benzene rings is 1. The van der Waals surface area contributed by atoms with Gasteiger partial charge in [0.2, 0.25) is 0 Å². The van der Waals surface area contributed by atoms with Gasteiger partial charge in [-0.3, -0.25) is 4.79 Å². The van der Waals surface area contributed by atoms with Crippen LogP contribution in [-0.4, -0.2) is 35.2 Å². The molecule has 1 amide bonds. The van der Waals surface area contributed by atoms with Crippen LogP contribution < -0.4 is 11.1 Å². The summed E-state index contributed by atoms with van der Waals surface area (Å²) in [6.45, 7) is 1.84. The minimum Gasteiger partial charge on any atom is -0.398 e. The summed E-state index contributed by atoms with van der Waals surface area (Å²) >= 11 is 7.46. The van der Waals surface area contributed by atoms with E-state index in [2.05, 4.69) is 5.32 Å². The quantitative estimate of drug-likeness (QED) is 0.722. The number of thioether (sulfide) groups is 1. The number of aliphatic hydroxyl groups is 1. The second kappa shape index (κ2) is 6.31. The molecule has 0 radical (unpaired) electrons. The number of nitrogen functional groups attached to an aromatic ring is 1. The van der Waals surface area contributed by atoms with Gasteiger partial charge in [0.15, 0.2) is 0 Å². The molecule has 1 unspecified atom stereocenters. The van der Waals surface area contributed by atoms with E-state index in [1.165, 1.54) is 11.8 Å². The third kappa shape index (κ3) is 4.08. The molecule has 4 N–H and O–H groups in total. The summed E-state index contributed by atoms with van der Waals surface area (Å²) in [6.07, 6.45) is 1.89. The molecule has 0 heterocycles. The van der Waals surface area contributed by atoms with Gasteiger partial charge in [-0.2, -0.15) is 11.8 Å². The van der Waals surface area contributed by atoms with Crippen molar-refractivity contribution in [2.75, 3.05) is 24.3 Å². The van der Waals surface area contributed by atoms with E-state index in [1.807, 2.05) is 6.26 Å². The van der Waals surface area contributed by atoms with Crippen LogP contribution in [0.5, 0.6) is 0 Å². The van der Waals surface area contributed by atoms with Crippen LogP contribution in [0.2, 0.25) is 5.02 Å². The number of hydrogen-bond acceptors (Lipinski definition) is 4. The number of nitrogens with one attached hydrogen (secondary N) is 1. The van der Waals surface area contributed by atoms with E-state index in [0.717, 1.165) is 0 Å². The molecule has 1 rings (SSSR count). The Balaban J connectivity index is 2.69. The average Bonchev–Trinajstić information content (AvgIpc) is 2.30. The van der Waals surface area contributed by atoms with E-state index in [4.69, 9.17) is 17.3 Å². The van der Waals surface area contributed by atoms with Gasteiger partial charge in [-0.15, -0.1) is 0 Å². The molecule has 0 aliphatic carbocycles. The van der Waals surface area contributed by atoms with E-state index < -0.39 is 5.60 Å². The lowest BCUT2D eigenvalue weighted by Crippen LogP contribution is -2.42. The lowest BCUT2D eigenvalue weighted by Gasteiger charge is -2.22. The first kappa shape index (κ1) is 15.1. The topological polar surface area (TPSA) is 75.3 Å². The van der Waals surface area contributed by atoms with Crippen LogP contribution in [-0.2, 0) is 0 Å². The number of nitrogens with two attached hydrogens (primary N) is 1. The van der Waals surface area contributed by atoms with Gasteiger partial charge >= 0.3 is 0 Å². The predicted octanol–water partition coefficient (Wildman–Crippen LogP) is 1.77. The first-order chi connectivity index (χ1) is 8.37. The highest BCUT2D eigenvalue weighted by molar-refractivity contribution is 7.98. The molecule has 0 aliphatic heterocycles. The normalized spacial score (nSPS) is 14.0. The van der Waals surface area contributed by atoms with Crippen LogP contribution in [0.4, 0.5) is 5.69 Å². The van der Waals surface area contributed by atoms with E-state index >= 15 is 0 Å². The Labute approximate surface area is 116 Å².